The van der Waals surface area contributed by atoms with E-state index in [0.717, 1.165) is 0 Å². The number of methoxy groups -OCH3 is 1. The number of benzene rings is 2. The summed E-state index contributed by atoms with van der Waals surface area (Å²) in [4.78, 5) is 12.5. The van der Waals surface area contributed by atoms with Crippen molar-refractivity contribution >= 4 is 22.6 Å². The van der Waals surface area contributed by atoms with Gasteiger partial charge in [0.2, 0.25) is 0 Å². The topological polar surface area (TPSA) is 104 Å². The summed E-state index contributed by atoms with van der Waals surface area (Å²) in [6.45, 7) is 0. The fourth-order valence-corrected chi connectivity index (χ4v) is 2.28. The number of carbonyl (C=O) groups is 1. The van der Waals surface area contributed by atoms with Crippen molar-refractivity contribution in [2.45, 2.75) is 0 Å². The van der Waals surface area contributed by atoms with Crippen LogP contribution in [-0.2, 0) is 0 Å². The molecular formula is C17H14N2O5. The molecule has 1 amide bonds. The first-order valence-corrected chi connectivity index (χ1v) is 7.01. The van der Waals surface area contributed by atoms with Gasteiger partial charge in [0.15, 0.2) is 0 Å². The lowest BCUT2D eigenvalue weighted by Crippen LogP contribution is -2.22. The summed E-state index contributed by atoms with van der Waals surface area (Å²) in [5.41, 5.74) is 0.540. The molecule has 0 spiro atoms. The first kappa shape index (κ1) is 15.4. The minimum Gasteiger partial charge on any atom is -0.508 e. The van der Waals surface area contributed by atoms with Crippen molar-refractivity contribution in [2.75, 3.05) is 12.4 Å². The predicted octanol–water partition coefficient (Wildman–Crippen LogP) is 2.69. The summed E-state index contributed by atoms with van der Waals surface area (Å²) in [6.07, 6.45) is 0. The standard InChI is InChI=1S/C17H14N2O5/c1-23-14-5-3-2-4-13(14)18-16(21)12-8-10-6-7-11(20)9-15(10)24-17(12)19-22/h2-9,20,22H,1H3,(H,18,21)/b19-17-. The largest absolute Gasteiger partial charge is 0.508 e. The number of rotatable bonds is 3. The number of carbonyl (C=O) groups excluding carboxylic acids is 1. The minimum atomic E-state index is -0.522. The smallest absolute Gasteiger partial charge is 0.268 e. The summed E-state index contributed by atoms with van der Waals surface area (Å²) >= 11 is 0. The molecule has 3 rings (SSSR count). The van der Waals surface area contributed by atoms with E-state index in [1.807, 2.05) is 0 Å². The maximum Gasteiger partial charge on any atom is 0.268 e. The number of phenols is 1. The van der Waals surface area contributed by atoms with Crippen LogP contribution in [0, 0.1) is 0 Å². The van der Waals surface area contributed by atoms with Crippen LogP contribution in [0.3, 0.4) is 0 Å². The second-order valence-electron chi connectivity index (χ2n) is 4.94. The van der Waals surface area contributed by atoms with Crippen LogP contribution in [0.25, 0.3) is 11.0 Å². The number of nitrogens with one attached hydrogen (secondary N) is 1. The number of phenolic OH excluding ortho intramolecular Hbond substituents is 1. The molecule has 0 aliphatic carbocycles. The lowest BCUT2D eigenvalue weighted by atomic mass is 10.1. The van der Waals surface area contributed by atoms with E-state index >= 15 is 0 Å². The zero-order valence-electron chi connectivity index (χ0n) is 12.7. The molecule has 122 valence electrons. The van der Waals surface area contributed by atoms with Gasteiger partial charge in [-0.1, -0.05) is 12.1 Å². The van der Waals surface area contributed by atoms with Crippen LogP contribution >= 0.6 is 0 Å². The van der Waals surface area contributed by atoms with Gasteiger partial charge in [-0.2, -0.15) is 0 Å². The Labute approximate surface area is 136 Å². The lowest BCUT2D eigenvalue weighted by molar-refractivity contribution is 0.102. The highest BCUT2D eigenvalue weighted by Gasteiger charge is 2.15. The number of fused-ring (bicyclic) bond motifs is 1. The van der Waals surface area contributed by atoms with E-state index in [-0.39, 0.29) is 22.5 Å². The van der Waals surface area contributed by atoms with Crippen molar-refractivity contribution in [1.82, 2.24) is 0 Å². The van der Waals surface area contributed by atoms with E-state index < -0.39 is 5.91 Å². The highest BCUT2D eigenvalue weighted by molar-refractivity contribution is 6.06. The predicted molar refractivity (Wildman–Crippen MR) is 86.2 cm³/mol. The first-order valence-electron chi connectivity index (χ1n) is 7.01. The Morgan fingerprint density at radius 1 is 1.21 bits per heavy atom. The monoisotopic (exact) mass is 326 g/mol. The van der Waals surface area contributed by atoms with E-state index in [1.54, 1.807) is 30.3 Å². The Morgan fingerprint density at radius 3 is 2.75 bits per heavy atom. The van der Waals surface area contributed by atoms with Crippen LogP contribution in [0.5, 0.6) is 11.5 Å². The van der Waals surface area contributed by atoms with Crippen LogP contribution in [-0.4, -0.2) is 23.3 Å². The molecule has 0 saturated heterocycles. The summed E-state index contributed by atoms with van der Waals surface area (Å²) in [5.74, 6) is -0.0247. The molecule has 7 nitrogen and oxygen atoms in total. The van der Waals surface area contributed by atoms with Crippen molar-refractivity contribution < 1.29 is 24.3 Å². The van der Waals surface area contributed by atoms with E-state index in [9.17, 15) is 9.90 Å². The Morgan fingerprint density at radius 2 is 2.00 bits per heavy atom. The lowest BCUT2D eigenvalue weighted by Gasteiger charge is -2.10. The summed E-state index contributed by atoms with van der Waals surface area (Å²) in [6, 6.07) is 12.9. The van der Waals surface area contributed by atoms with E-state index in [1.165, 1.54) is 25.3 Å². The average Bonchev–Trinajstić information content (AvgIpc) is 2.60. The number of ether oxygens (including phenoxy) is 1. The summed E-state index contributed by atoms with van der Waals surface area (Å²) < 4.78 is 10.6. The highest BCUT2D eigenvalue weighted by Crippen LogP contribution is 2.24. The molecule has 0 atom stereocenters. The molecule has 24 heavy (non-hydrogen) atoms. The Kier molecular flexibility index (Phi) is 4.07. The fraction of sp³-hybridized carbons (Fsp3) is 0.0588. The van der Waals surface area contributed by atoms with Gasteiger partial charge in [0, 0.05) is 11.5 Å². The van der Waals surface area contributed by atoms with Gasteiger partial charge in [-0.3, -0.25) is 4.79 Å². The molecule has 0 saturated carbocycles. The van der Waals surface area contributed by atoms with Crippen molar-refractivity contribution in [3.05, 3.63) is 59.6 Å². The molecule has 0 bridgehead atoms. The van der Waals surface area contributed by atoms with E-state index in [0.29, 0.717) is 16.8 Å². The van der Waals surface area contributed by atoms with Gasteiger partial charge >= 0.3 is 0 Å². The molecular weight excluding hydrogens is 312 g/mol. The molecule has 2 aromatic carbocycles. The van der Waals surface area contributed by atoms with Gasteiger partial charge < -0.3 is 24.8 Å². The van der Waals surface area contributed by atoms with Gasteiger partial charge in [-0.25, -0.2) is 0 Å². The van der Waals surface area contributed by atoms with Crippen LogP contribution in [0.1, 0.15) is 10.4 Å². The van der Waals surface area contributed by atoms with Crippen molar-refractivity contribution in [3.8, 4) is 11.5 Å². The number of amides is 1. The maximum absolute atomic E-state index is 12.5. The zero-order chi connectivity index (χ0) is 17.1. The molecule has 3 aromatic rings. The van der Waals surface area contributed by atoms with Crippen molar-refractivity contribution in [3.63, 3.8) is 0 Å². The van der Waals surface area contributed by atoms with Gasteiger partial charge in [0.1, 0.15) is 22.6 Å². The first-order chi connectivity index (χ1) is 11.6. The number of nitrogens with zero attached hydrogens (tertiary/aromatic N) is 1. The number of para-hydroxylation sites is 2. The zero-order valence-corrected chi connectivity index (χ0v) is 12.7. The van der Waals surface area contributed by atoms with Gasteiger partial charge in [-0.15, -0.1) is 0 Å². The second-order valence-corrected chi connectivity index (χ2v) is 4.94. The fourth-order valence-electron chi connectivity index (χ4n) is 2.28. The molecule has 3 N–H and O–H groups in total. The quantitative estimate of drug-likeness (QED) is 0.507. The second kappa shape index (κ2) is 6.33. The van der Waals surface area contributed by atoms with Crippen LogP contribution in [0.4, 0.5) is 5.69 Å². The summed E-state index contributed by atoms with van der Waals surface area (Å²) in [7, 11) is 1.50. The molecule has 7 heteroatoms. The molecule has 0 fully saturated rings. The normalized spacial score (nSPS) is 11.5. The molecule has 0 unspecified atom stereocenters. The van der Waals surface area contributed by atoms with Gasteiger partial charge in [0.25, 0.3) is 11.5 Å². The third-order valence-corrected chi connectivity index (χ3v) is 3.42. The van der Waals surface area contributed by atoms with Crippen LogP contribution in [0.2, 0.25) is 0 Å². The highest BCUT2D eigenvalue weighted by atomic mass is 16.5. The Balaban J connectivity index is 2.05. The number of anilines is 1. The number of aromatic hydroxyl groups is 1. The molecule has 1 heterocycles. The third-order valence-electron chi connectivity index (χ3n) is 3.42. The Hall–Kier alpha value is -3.48. The van der Waals surface area contributed by atoms with E-state index in [2.05, 4.69) is 10.5 Å². The van der Waals surface area contributed by atoms with Crippen molar-refractivity contribution in [2.24, 2.45) is 5.16 Å². The van der Waals surface area contributed by atoms with Crippen LogP contribution < -0.4 is 15.6 Å². The number of hydrogen-bond donors (Lipinski definition) is 3. The summed E-state index contributed by atoms with van der Waals surface area (Å²) in [5, 5.41) is 24.9. The molecule has 0 aliphatic rings. The molecule has 0 aliphatic heterocycles. The SMILES string of the molecule is COc1ccccc1NC(=O)c1cc2ccc(O)cc2o/c1=N\O. The van der Waals surface area contributed by atoms with Crippen LogP contribution in [0.15, 0.2) is 58.1 Å². The van der Waals surface area contributed by atoms with E-state index in [4.69, 9.17) is 14.4 Å². The number of hydrogen-bond acceptors (Lipinski definition) is 6. The minimum absolute atomic E-state index is 0.00126. The molecule has 0 radical (unpaired) electrons. The van der Waals surface area contributed by atoms with Gasteiger partial charge in [-0.05, 0) is 35.5 Å². The molecule has 1 aromatic heterocycles. The maximum atomic E-state index is 12.5. The van der Waals surface area contributed by atoms with Gasteiger partial charge in [0.05, 0.1) is 12.8 Å². The third kappa shape index (κ3) is 2.87. The average molecular weight is 326 g/mol. The Bertz CT molecular complexity index is 978. The van der Waals surface area contributed by atoms with Crippen molar-refractivity contribution in [1.29, 1.82) is 0 Å².